The van der Waals surface area contributed by atoms with E-state index in [1.165, 1.54) is 41.1 Å². The number of carbonyl (C=O) groups excluding carboxylic acids is 1. The summed E-state index contributed by atoms with van der Waals surface area (Å²) in [5, 5.41) is 6.75. The Bertz CT molecular complexity index is 1500. The molecule has 13 heteroatoms. The Kier molecular flexibility index (Phi) is 5.88. The minimum absolute atomic E-state index is 0.0256. The van der Waals surface area contributed by atoms with Crippen LogP contribution in [0.1, 0.15) is 23.7 Å². The highest BCUT2D eigenvalue weighted by atomic mass is 32.2. The highest BCUT2D eigenvalue weighted by molar-refractivity contribution is 7.91. The number of nitrogens with one attached hydrogen (secondary N) is 1. The van der Waals surface area contributed by atoms with Gasteiger partial charge in [0.2, 0.25) is 0 Å². The SMILES string of the molecule is C[C@]1(NC(=O)c2ccc3c(c2)c(S(C)(=O)=O)nn3-c2cccc(OC(F)F)c2)CCS(=O)(=O)C1. The maximum Gasteiger partial charge on any atom is 0.387 e. The lowest BCUT2D eigenvalue weighted by atomic mass is 10.0. The highest BCUT2D eigenvalue weighted by Gasteiger charge is 2.39. The van der Waals surface area contributed by atoms with Gasteiger partial charge in [-0.25, -0.2) is 21.5 Å². The monoisotopic (exact) mass is 513 g/mol. The largest absolute Gasteiger partial charge is 0.435 e. The summed E-state index contributed by atoms with van der Waals surface area (Å²) < 4.78 is 79.4. The van der Waals surface area contributed by atoms with Gasteiger partial charge in [-0.2, -0.15) is 13.9 Å². The molecule has 2 heterocycles. The lowest BCUT2D eigenvalue weighted by Gasteiger charge is -2.23. The van der Waals surface area contributed by atoms with Gasteiger partial charge in [0, 0.05) is 23.3 Å². The number of fused-ring (bicyclic) bond motifs is 1. The van der Waals surface area contributed by atoms with Crippen LogP contribution in [0.3, 0.4) is 0 Å². The van der Waals surface area contributed by atoms with Gasteiger partial charge >= 0.3 is 6.61 Å². The molecule has 4 rings (SSSR count). The molecule has 1 aromatic heterocycles. The third-order valence-corrected chi connectivity index (χ3v) is 8.37. The van der Waals surface area contributed by atoms with Crippen molar-refractivity contribution in [3.05, 3.63) is 48.0 Å². The van der Waals surface area contributed by atoms with Crippen LogP contribution in [0.5, 0.6) is 5.75 Å². The number of carbonyl (C=O) groups is 1. The van der Waals surface area contributed by atoms with Crippen molar-refractivity contribution in [1.29, 1.82) is 0 Å². The minimum atomic E-state index is -3.83. The zero-order chi connectivity index (χ0) is 24.9. The van der Waals surface area contributed by atoms with Crippen molar-refractivity contribution in [1.82, 2.24) is 15.1 Å². The normalized spacial score (nSPS) is 20.0. The number of hydrogen-bond acceptors (Lipinski definition) is 7. The molecule has 0 aliphatic carbocycles. The van der Waals surface area contributed by atoms with E-state index in [-0.39, 0.29) is 45.3 Å². The Hall–Kier alpha value is -3.06. The molecule has 0 saturated carbocycles. The first-order valence-corrected chi connectivity index (χ1v) is 13.8. The number of aromatic nitrogens is 2. The van der Waals surface area contributed by atoms with E-state index in [0.717, 1.165) is 6.26 Å². The highest BCUT2D eigenvalue weighted by Crippen LogP contribution is 2.29. The second kappa shape index (κ2) is 8.31. The van der Waals surface area contributed by atoms with Crippen LogP contribution in [-0.4, -0.2) is 62.4 Å². The second-order valence-electron chi connectivity index (χ2n) is 8.45. The van der Waals surface area contributed by atoms with Crippen molar-refractivity contribution in [2.75, 3.05) is 17.8 Å². The molecule has 1 amide bonds. The summed E-state index contributed by atoms with van der Waals surface area (Å²) in [6, 6.07) is 9.90. The number of hydrogen-bond donors (Lipinski definition) is 1. The Morgan fingerprint density at radius 1 is 1.24 bits per heavy atom. The fraction of sp³-hybridized carbons (Fsp3) is 0.333. The molecule has 0 unspecified atom stereocenters. The van der Waals surface area contributed by atoms with Gasteiger partial charge in [0.15, 0.2) is 24.7 Å². The van der Waals surface area contributed by atoms with E-state index in [2.05, 4.69) is 15.2 Å². The first-order chi connectivity index (χ1) is 15.8. The summed E-state index contributed by atoms with van der Waals surface area (Å²) >= 11 is 0. The second-order valence-corrected chi connectivity index (χ2v) is 12.6. The summed E-state index contributed by atoms with van der Waals surface area (Å²) in [5.74, 6) is -0.895. The fourth-order valence-corrected chi connectivity index (χ4v) is 6.84. The molecule has 1 fully saturated rings. The van der Waals surface area contributed by atoms with E-state index in [1.807, 2.05) is 0 Å². The Morgan fingerprint density at radius 2 is 1.97 bits per heavy atom. The molecule has 0 radical (unpaired) electrons. The average molecular weight is 514 g/mol. The molecule has 182 valence electrons. The van der Waals surface area contributed by atoms with Crippen LogP contribution in [0.2, 0.25) is 0 Å². The Morgan fingerprint density at radius 3 is 2.59 bits per heavy atom. The number of sulfone groups is 2. The summed E-state index contributed by atoms with van der Waals surface area (Å²) in [6.07, 6.45) is 1.24. The molecule has 2 aromatic carbocycles. The lowest BCUT2D eigenvalue weighted by Crippen LogP contribution is -2.46. The first-order valence-electron chi connectivity index (χ1n) is 10.1. The maximum atomic E-state index is 12.9. The van der Waals surface area contributed by atoms with Gasteiger partial charge in [0.25, 0.3) is 5.91 Å². The molecule has 1 saturated heterocycles. The van der Waals surface area contributed by atoms with Gasteiger partial charge in [-0.1, -0.05) is 6.07 Å². The Balaban J connectivity index is 1.77. The van der Waals surface area contributed by atoms with E-state index < -0.39 is 37.7 Å². The average Bonchev–Trinajstić information content (AvgIpc) is 3.23. The third kappa shape index (κ3) is 4.89. The molecule has 3 aromatic rings. The molecule has 1 aliphatic heterocycles. The number of rotatable bonds is 6. The van der Waals surface area contributed by atoms with Crippen LogP contribution in [0.15, 0.2) is 47.5 Å². The smallest absolute Gasteiger partial charge is 0.387 e. The molecular formula is C21H21F2N3O6S2. The number of amides is 1. The fourth-order valence-electron chi connectivity index (χ4n) is 3.95. The quantitative estimate of drug-likeness (QED) is 0.536. The van der Waals surface area contributed by atoms with Crippen LogP contribution >= 0.6 is 0 Å². The minimum Gasteiger partial charge on any atom is -0.435 e. The van der Waals surface area contributed by atoms with Crippen LogP contribution in [0.4, 0.5) is 8.78 Å². The number of nitrogens with zero attached hydrogens (tertiary/aromatic N) is 2. The lowest BCUT2D eigenvalue weighted by molar-refractivity contribution is -0.0498. The number of benzene rings is 2. The van der Waals surface area contributed by atoms with E-state index in [1.54, 1.807) is 13.0 Å². The van der Waals surface area contributed by atoms with Crippen molar-refractivity contribution in [3.63, 3.8) is 0 Å². The van der Waals surface area contributed by atoms with Gasteiger partial charge in [0.1, 0.15) is 5.75 Å². The summed E-state index contributed by atoms with van der Waals surface area (Å²) in [4.78, 5) is 12.9. The molecule has 1 aliphatic rings. The van der Waals surface area contributed by atoms with Crippen molar-refractivity contribution in [2.45, 2.75) is 30.5 Å². The van der Waals surface area contributed by atoms with Crippen molar-refractivity contribution < 1.29 is 35.1 Å². The first kappa shape index (κ1) is 24.1. The third-order valence-electron chi connectivity index (χ3n) is 5.47. The van der Waals surface area contributed by atoms with Crippen molar-refractivity contribution in [3.8, 4) is 11.4 Å². The van der Waals surface area contributed by atoms with Gasteiger partial charge in [-0.3, -0.25) is 4.79 Å². The van der Waals surface area contributed by atoms with Crippen molar-refractivity contribution >= 4 is 36.5 Å². The van der Waals surface area contributed by atoms with Crippen LogP contribution in [-0.2, 0) is 19.7 Å². The number of alkyl halides is 2. The van der Waals surface area contributed by atoms with Crippen LogP contribution in [0.25, 0.3) is 16.6 Å². The van der Waals surface area contributed by atoms with Crippen molar-refractivity contribution in [2.24, 2.45) is 0 Å². The van der Waals surface area contributed by atoms with E-state index in [9.17, 15) is 30.4 Å². The van der Waals surface area contributed by atoms with Gasteiger partial charge in [0.05, 0.1) is 28.2 Å². The summed E-state index contributed by atoms with van der Waals surface area (Å²) in [7, 11) is -7.08. The van der Waals surface area contributed by atoms with Gasteiger partial charge < -0.3 is 10.1 Å². The zero-order valence-electron chi connectivity index (χ0n) is 18.2. The predicted molar refractivity (Wildman–Crippen MR) is 120 cm³/mol. The zero-order valence-corrected chi connectivity index (χ0v) is 19.8. The standard InChI is InChI=1S/C21H21F2N3O6S2/c1-21(8-9-34(30,31)12-21)24-18(27)13-6-7-17-16(10-13)19(33(2,28)29)25-26(17)14-4-3-5-15(11-14)32-20(22)23/h3-7,10-11,20H,8-9,12H2,1-2H3,(H,24,27)/t21-/m0/s1. The Labute approximate surface area is 194 Å². The maximum absolute atomic E-state index is 12.9. The van der Waals surface area contributed by atoms with Crippen LogP contribution in [0, 0.1) is 0 Å². The van der Waals surface area contributed by atoms with E-state index in [0.29, 0.717) is 5.52 Å². The van der Waals surface area contributed by atoms with E-state index >= 15 is 0 Å². The topological polar surface area (TPSA) is 124 Å². The summed E-state index contributed by atoms with van der Waals surface area (Å²) in [6.45, 7) is -1.39. The molecule has 0 spiro atoms. The molecule has 9 nitrogen and oxygen atoms in total. The molecule has 1 N–H and O–H groups in total. The van der Waals surface area contributed by atoms with E-state index in [4.69, 9.17) is 0 Å². The van der Waals surface area contributed by atoms with Gasteiger partial charge in [-0.05, 0) is 43.7 Å². The molecule has 1 atom stereocenters. The predicted octanol–water partition coefficient (Wildman–Crippen LogP) is 2.34. The van der Waals surface area contributed by atoms with Crippen LogP contribution < -0.4 is 10.1 Å². The molecule has 34 heavy (non-hydrogen) atoms. The number of ether oxygens (including phenoxy) is 1. The summed E-state index contributed by atoms with van der Waals surface area (Å²) in [5.41, 5.74) is -0.211. The molecule has 0 bridgehead atoms. The number of halogens is 2. The molecular weight excluding hydrogens is 492 g/mol. The van der Waals surface area contributed by atoms with Gasteiger partial charge in [-0.15, -0.1) is 0 Å².